The van der Waals surface area contributed by atoms with E-state index < -0.39 is 0 Å². The second-order valence-electron chi connectivity index (χ2n) is 11.1. The molecule has 0 unspecified atom stereocenters. The molecule has 1 fully saturated rings. The van der Waals surface area contributed by atoms with Crippen LogP contribution in [0.1, 0.15) is 106 Å². The second-order valence-corrected chi connectivity index (χ2v) is 11.1. The van der Waals surface area contributed by atoms with E-state index in [0.717, 1.165) is 25.2 Å². The van der Waals surface area contributed by atoms with E-state index in [1.54, 1.807) is 0 Å². The van der Waals surface area contributed by atoms with Gasteiger partial charge in [0.2, 0.25) is 0 Å². The van der Waals surface area contributed by atoms with Gasteiger partial charge in [-0.25, -0.2) is 0 Å². The lowest BCUT2D eigenvalue weighted by molar-refractivity contribution is 0.478. The van der Waals surface area contributed by atoms with Crippen molar-refractivity contribution in [3.05, 3.63) is 100 Å². The lowest BCUT2D eigenvalue weighted by Crippen LogP contribution is -2.26. The molecule has 1 aliphatic carbocycles. The van der Waals surface area contributed by atoms with Crippen molar-refractivity contribution in [2.24, 2.45) is 5.92 Å². The summed E-state index contributed by atoms with van der Waals surface area (Å²) in [7, 11) is 0. The SMILES string of the molecule is CCc1ccc(-c2ccc(C(CC)(CC)c3ccc(/C=C/C4CCCCCC4)c(C)c3)cc2C)cc1. The summed E-state index contributed by atoms with van der Waals surface area (Å²) in [4.78, 5) is 0. The summed E-state index contributed by atoms with van der Waals surface area (Å²) in [5, 5.41) is 0. The number of allylic oxidation sites excluding steroid dienone is 1. The molecule has 0 spiro atoms. The fraction of sp³-hybridized carbons (Fsp3) is 0.444. The van der Waals surface area contributed by atoms with Crippen molar-refractivity contribution >= 4 is 6.08 Å². The van der Waals surface area contributed by atoms with Crippen LogP contribution in [0.4, 0.5) is 0 Å². The fourth-order valence-electron chi connectivity index (χ4n) is 6.34. The number of rotatable bonds is 8. The minimum atomic E-state index is 0.0453. The Bertz CT molecular complexity index is 1150. The summed E-state index contributed by atoms with van der Waals surface area (Å²) < 4.78 is 0. The van der Waals surface area contributed by atoms with Crippen LogP contribution in [-0.2, 0) is 11.8 Å². The maximum Gasteiger partial charge on any atom is 0.0197 e. The number of hydrogen-bond donors (Lipinski definition) is 0. The smallest absolute Gasteiger partial charge is 0.0197 e. The Kier molecular flexibility index (Phi) is 8.89. The zero-order valence-electron chi connectivity index (χ0n) is 23.4. The summed E-state index contributed by atoms with van der Waals surface area (Å²) >= 11 is 0. The molecule has 0 aliphatic heterocycles. The molecule has 4 rings (SSSR count). The van der Waals surface area contributed by atoms with Crippen molar-refractivity contribution in [1.82, 2.24) is 0 Å². The maximum absolute atomic E-state index is 2.50. The van der Waals surface area contributed by atoms with Crippen LogP contribution in [0.25, 0.3) is 17.2 Å². The van der Waals surface area contributed by atoms with Crippen LogP contribution in [-0.4, -0.2) is 0 Å². The first-order chi connectivity index (χ1) is 17.5. The molecule has 0 amide bonds. The van der Waals surface area contributed by atoms with E-state index in [1.165, 1.54) is 83.0 Å². The molecule has 0 N–H and O–H groups in total. The van der Waals surface area contributed by atoms with Crippen LogP contribution in [0.15, 0.2) is 66.7 Å². The average Bonchev–Trinajstić information content (AvgIpc) is 3.18. The van der Waals surface area contributed by atoms with E-state index in [4.69, 9.17) is 0 Å². The summed E-state index contributed by atoms with van der Waals surface area (Å²) in [6.07, 6.45) is 16.5. The van der Waals surface area contributed by atoms with Crippen molar-refractivity contribution in [2.45, 2.75) is 97.8 Å². The molecule has 0 radical (unpaired) electrons. The highest BCUT2D eigenvalue weighted by atomic mass is 14.3. The van der Waals surface area contributed by atoms with Gasteiger partial charge in [-0.3, -0.25) is 0 Å². The van der Waals surface area contributed by atoms with E-state index in [9.17, 15) is 0 Å². The Morgan fingerprint density at radius 2 is 1.33 bits per heavy atom. The topological polar surface area (TPSA) is 0 Å². The predicted molar refractivity (Wildman–Crippen MR) is 159 cm³/mol. The highest BCUT2D eigenvalue weighted by Gasteiger charge is 2.31. The van der Waals surface area contributed by atoms with E-state index in [2.05, 4.69) is 107 Å². The highest BCUT2D eigenvalue weighted by molar-refractivity contribution is 5.68. The third-order valence-corrected chi connectivity index (χ3v) is 8.93. The Hall–Kier alpha value is -2.60. The third-order valence-electron chi connectivity index (χ3n) is 8.93. The van der Waals surface area contributed by atoms with Crippen LogP contribution in [0.2, 0.25) is 0 Å². The van der Waals surface area contributed by atoms with Crippen molar-refractivity contribution < 1.29 is 0 Å². The number of hydrogen-bond acceptors (Lipinski definition) is 0. The minimum Gasteiger partial charge on any atom is -0.0808 e. The number of aryl methyl sites for hydroxylation is 3. The first-order valence-electron chi connectivity index (χ1n) is 14.5. The standard InChI is InChI=1S/C36H46/c1-6-29-15-19-32(20-16-29)35-24-23-34(26-28(35)5)36(7-2,8-3)33-22-21-31(27(4)25-33)18-17-30-13-11-9-10-12-14-30/h15-26,30H,6-14H2,1-5H3/b18-17+. The molecule has 0 nitrogen and oxygen atoms in total. The van der Waals surface area contributed by atoms with Gasteiger partial charge in [0.1, 0.15) is 0 Å². The Morgan fingerprint density at radius 3 is 1.89 bits per heavy atom. The van der Waals surface area contributed by atoms with Gasteiger partial charge >= 0.3 is 0 Å². The molecule has 0 aromatic heterocycles. The van der Waals surface area contributed by atoms with Crippen LogP contribution in [0.5, 0.6) is 0 Å². The quantitative estimate of drug-likeness (QED) is 0.282. The molecule has 3 aromatic rings. The molecule has 190 valence electrons. The lowest BCUT2D eigenvalue weighted by atomic mass is 9.69. The fourth-order valence-corrected chi connectivity index (χ4v) is 6.34. The normalized spacial score (nSPS) is 15.4. The van der Waals surface area contributed by atoms with Gasteiger partial charge in [0.05, 0.1) is 0 Å². The van der Waals surface area contributed by atoms with Gasteiger partial charge in [0.25, 0.3) is 0 Å². The first-order valence-corrected chi connectivity index (χ1v) is 14.5. The zero-order valence-corrected chi connectivity index (χ0v) is 23.4. The number of benzene rings is 3. The van der Waals surface area contributed by atoms with Gasteiger partial charge in [-0.15, -0.1) is 0 Å². The van der Waals surface area contributed by atoms with E-state index in [-0.39, 0.29) is 5.41 Å². The van der Waals surface area contributed by atoms with Crippen molar-refractivity contribution in [3.63, 3.8) is 0 Å². The Balaban J connectivity index is 1.62. The van der Waals surface area contributed by atoms with Crippen molar-refractivity contribution in [2.75, 3.05) is 0 Å². The lowest BCUT2D eigenvalue weighted by Gasteiger charge is -2.34. The van der Waals surface area contributed by atoms with Crippen molar-refractivity contribution in [3.8, 4) is 11.1 Å². The molecule has 3 aromatic carbocycles. The first kappa shape index (κ1) is 26.5. The molecule has 0 saturated heterocycles. The van der Waals surface area contributed by atoms with Gasteiger partial charge in [-0.1, -0.05) is 119 Å². The van der Waals surface area contributed by atoms with Crippen LogP contribution in [0.3, 0.4) is 0 Å². The Labute approximate surface area is 220 Å². The second kappa shape index (κ2) is 12.1. The highest BCUT2D eigenvalue weighted by Crippen LogP contribution is 2.41. The molecule has 0 heterocycles. The van der Waals surface area contributed by atoms with Gasteiger partial charge in [0, 0.05) is 5.41 Å². The van der Waals surface area contributed by atoms with Crippen LogP contribution < -0.4 is 0 Å². The molecular formula is C36H46. The minimum absolute atomic E-state index is 0.0453. The van der Waals surface area contributed by atoms with Gasteiger partial charge < -0.3 is 0 Å². The van der Waals surface area contributed by atoms with Gasteiger partial charge in [0.15, 0.2) is 0 Å². The molecule has 0 heteroatoms. The molecular weight excluding hydrogens is 432 g/mol. The average molecular weight is 479 g/mol. The van der Waals surface area contributed by atoms with Crippen LogP contribution in [0, 0.1) is 19.8 Å². The molecule has 36 heavy (non-hydrogen) atoms. The monoisotopic (exact) mass is 478 g/mol. The van der Waals surface area contributed by atoms with E-state index in [0.29, 0.717) is 0 Å². The molecule has 0 bridgehead atoms. The molecule has 1 saturated carbocycles. The van der Waals surface area contributed by atoms with E-state index in [1.807, 2.05) is 0 Å². The van der Waals surface area contributed by atoms with E-state index >= 15 is 0 Å². The summed E-state index contributed by atoms with van der Waals surface area (Å²) in [6.45, 7) is 11.5. The van der Waals surface area contributed by atoms with Crippen molar-refractivity contribution in [1.29, 1.82) is 0 Å². The van der Waals surface area contributed by atoms with Gasteiger partial charge in [-0.2, -0.15) is 0 Å². The largest absolute Gasteiger partial charge is 0.0808 e. The molecule has 1 aliphatic rings. The Morgan fingerprint density at radius 1 is 0.722 bits per heavy atom. The summed E-state index contributed by atoms with van der Waals surface area (Å²) in [5.41, 5.74) is 11.1. The molecule has 0 atom stereocenters. The summed E-state index contributed by atoms with van der Waals surface area (Å²) in [6, 6.07) is 23.5. The summed E-state index contributed by atoms with van der Waals surface area (Å²) in [5.74, 6) is 0.761. The predicted octanol–water partition coefficient (Wildman–Crippen LogP) is 10.6. The maximum atomic E-state index is 2.50. The zero-order chi connectivity index (χ0) is 25.5. The van der Waals surface area contributed by atoms with Crippen LogP contribution >= 0.6 is 0 Å². The van der Waals surface area contributed by atoms with Gasteiger partial charge in [-0.05, 0) is 96.4 Å². The third kappa shape index (κ3) is 5.69.